The first-order valence-electron chi connectivity index (χ1n) is 21.8. The van der Waals surface area contributed by atoms with Gasteiger partial charge in [-0.2, -0.15) is 0 Å². The number of benzene rings is 10. The summed E-state index contributed by atoms with van der Waals surface area (Å²) >= 11 is 0. The van der Waals surface area contributed by atoms with Crippen LogP contribution in [0.2, 0.25) is 0 Å². The van der Waals surface area contributed by atoms with Crippen molar-refractivity contribution in [3.8, 4) is 55.6 Å². The summed E-state index contributed by atoms with van der Waals surface area (Å²) in [6.45, 7) is -0.0170. The van der Waals surface area contributed by atoms with Crippen molar-refractivity contribution in [3.05, 3.63) is 249 Å². The molecular weight excluding hydrogens is 759 g/mol. The highest BCUT2D eigenvalue weighted by Crippen LogP contribution is 2.48. The first-order valence-corrected chi connectivity index (χ1v) is 21.8. The molecule has 0 aliphatic carbocycles. The highest BCUT2D eigenvalue weighted by molar-refractivity contribution is 7.00. The van der Waals surface area contributed by atoms with Crippen LogP contribution in [-0.2, 0) is 0 Å². The van der Waals surface area contributed by atoms with Crippen LogP contribution in [0.3, 0.4) is 0 Å². The third-order valence-corrected chi connectivity index (χ3v) is 12.8. The average molecular weight is 801 g/mol. The van der Waals surface area contributed by atoms with Crippen molar-refractivity contribution in [2.45, 2.75) is 0 Å². The summed E-state index contributed by atoms with van der Waals surface area (Å²) in [5, 5.41) is 0. The van der Waals surface area contributed by atoms with Gasteiger partial charge in [0.2, 0.25) is 0 Å². The minimum atomic E-state index is -0.0170. The van der Waals surface area contributed by atoms with E-state index in [1.54, 1.807) is 0 Å². The molecule has 2 aliphatic rings. The minimum Gasteiger partial charge on any atom is -0.311 e. The first-order chi connectivity index (χ1) is 31.3. The number of nitrogens with zero attached hydrogens (tertiary/aromatic N) is 2. The van der Waals surface area contributed by atoms with Crippen LogP contribution in [0, 0.1) is 0 Å². The van der Waals surface area contributed by atoms with Crippen molar-refractivity contribution >= 4 is 57.2 Å². The molecule has 0 atom stereocenters. The van der Waals surface area contributed by atoms with Crippen molar-refractivity contribution in [2.75, 3.05) is 9.80 Å². The SMILES string of the molecule is c1ccc(-c2cccc(N3c4ccc(-c5ccccc5)cc4B4c5ccccc5N(c5ccc(-c6ccccc6)c(-c6ccccc6)c5)c5cc(-c6ccccc6)cc3c54)c2)cc1. The Bertz CT molecular complexity index is 3280. The molecular formula is C60H41BN2. The summed E-state index contributed by atoms with van der Waals surface area (Å²) in [5.74, 6) is 0. The highest BCUT2D eigenvalue weighted by Gasteiger charge is 2.43. The van der Waals surface area contributed by atoms with E-state index in [0.29, 0.717) is 0 Å². The molecule has 0 fully saturated rings. The lowest BCUT2D eigenvalue weighted by atomic mass is 9.33. The van der Waals surface area contributed by atoms with Crippen LogP contribution in [0.15, 0.2) is 249 Å². The molecule has 0 N–H and O–H groups in total. The zero-order chi connectivity index (χ0) is 41.7. The lowest BCUT2D eigenvalue weighted by molar-refractivity contribution is 1.25. The molecule has 12 rings (SSSR count). The molecule has 0 saturated heterocycles. The van der Waals surface area contributed by atoms with Gasteiger partial charge in [-0.3, -0.25) is 0 Å². The molecule has 0 unspecified atom stereocenters. The van der Waals surface area contributed by atoms with E-state index in [4.69, 9.17) is 0 Å². The maximum atomic E-state index is 2.53. The summed E-state index contributed by atoms with van der Waals surface area (Å²) in [7, 11) is 0. The van der Waals surface area contributed by atoms with E-state index in [-0.39, 0.29) is 6.71 Å². The Morgan fingerprint density at radius 3 is 1.30 bits per heavy atom. The lowest BCUT2D eigenvalue weighted by Crippen LogP contribution is -2.61. The summed E-state index contributed by atoms with van der Waals surface area (Å²) in [5.41, 5.74) is 22.8. The molecule has 63 heavy (non-hydrogen) atoms. The standard InChI is InChI=1S/C60H41BN2/c1-6-19-42(20-7-1)47-29-18-30-50(37-47)62-57-36-33-48(43-21-8-2-9-22-43)38-55(57)61-54-31-16-17-32-56(54)63(59-40-49(39-58(62)60(59)61)44-23-10-3-11-24-44)51-34-35-52(45-25-12-4-13-26-45)53(41-51)46-27-14-5-15-28-46/h1-41H. The largest absolute Gasteiger partial charge is 0.311 e. The van der Waals surface area contributed by atoms with E-state index in [0.717, 1.165) is 11.4 Å². The minimum absolute atomic E-state index is 0.0170. The summed E-state index contributed by atoms with van der Waals surface area (Å²) in [4.78, 5) is 5.06. The molecule has 0 saturated carbocycles. The molecule has 2 heterocycles. The maximum absolute atomic E-state index is 2.53. The van der Waals surface area contributed by atoms with Crippen LogP contribution in [0.25, 0.3) is 55.6 Å². The first kappa shape index (κ1) is 36.7. The van der Waals surface area contributed by atoms with E-state index >= 15 is 0 Å². The topological polar surface area (TPSA) is 6.48 Å². The predicted molar refractivity (Wildman–Crippen MR) is 268 cm³/mol. The van der Waals surface area contributed by atoms with Gasteiger partial charge in [0.15, 0.2) is 0 Å². The molecule has 0 aromatic heterocycles. The maximum Gasteiger partial charge on any atom is 0.252 e. The third kappa shape index (κ3) is 6.37. The van der Waals surface area contributed by atoms with Gasteiger partial charge < -0.3 is 9.80 Å². The van der Waals surface area contributed by atoms with Gasteiger partial charge in [-0.25, -0.2) is 0 Å². The van der Waals surface area contributed by atoms with Gasteiger partial charge in [-0.1, -0.05) is 200 Å². The normalized spacial score (nSPS) is 12.3. The summed E-state index contributed by atoms with van der Waals surface area (Å²) < 4.78 is 0. The second kappa shape index (κ2) is 15.4. The van der Waals surface area contributed by atoms with Crippen molar-refractivity contribution in [1.29, 1.82) is 0 Å². The van der Waals surface area contributed by atoms with Crippen LogP contribution >= 0.6 is 0 Å². The fourth-order valence-corrected chi connectivity index (χ4v) is 9.97. The van der Waals surface area contributed by atoms with Crippen LogP contribution in [0.1, 0.15) is 0 Å². The van der Waals surface area contributed by atoms with Gasteiger partial charge in [0.25, 0.3) is 6.71 Å². The van der Waals surface area contributed by atoms with Crippen LogP contribution in [-0.4, -0.2) is 6.71 Å². The molecule has 294 valence electrons. The molecule has 2 nitrogen and oxygen atoms in total. The Balaban J connectivity index is 1.16. The lowest BCUT2D eigenvalue weighted by Gasteiger charge is -2.44. The molecule has 0 amide bonds. The number of fused-ring (bicyclic) bond motifs is 4. The van der Waals surface area contributed by atoms with E-state index in [1.165, 1.54) is 94.8 Å². The van der Waals surface area contributed by atoms with E-state index < -0.39 is 0 Å². The average Bonchev–Trinajstić information content (AvgIpc) is 3.37. The summed E-state index contributed by atoms with van der Waals surface area (Å²) in [6.07, 6.45) is 0. The van der Waals surface area contributed by atoms with Crippen molar-refractivity contribution in [2.24, 2.45) is 0 Å². The van der Waals surface area contributed by atoms with Crippen molar-refractivity contribution in [3.63, 3.8) is 0 Å². The molecule has 10 aromatic carbocycles. The Morgan fingerprint density at radius 2 is 0.698 bits per heavy atom. The van der Waals surface area contributed by atoms with Gasteiger partial charge in [0.05, 0.1) is 0 Å². The van der Waals surface area contributed by atoms with Gasteiger partial charge in [-0.15, -0.1) is 0 Å². The van der Waals surface area contributed by atoms with Crippen LogP contribution in [0.5, 0.6) is 0 Å². The Kier molecular flexibility index (Phi) is 8.97. The van der Waals surface area contributed by atoms with E-state index in [2.05, 4.69) is 259 Å². The molecule has 3 heteroatoms. The zero-order valence-electron chi connectivity index (χ0n) is 34.6. The molecule has 10 aromatic rings. The fraction of sp³-hybridized carbons (Fsp3) is 0. The van der Waals surface area contributed by atoms with E-state index in [9.17, 15) is 0 Å². The van der Waals surface area contributed by atoms with Crippen molar-refractivity contribution in [1.82, 2.24) is 0 Å². The smallest absolute Gasteiger partial charge is 0.252 e. The molecule has 0 spiro atoms. The highest BCUT2D eigenvalue weighted by atomic mass is 15.2. The number of anilines is 6. The number of hydrogen-bond acceptors (Lipinski definition) is 2. The molecule has 2 aliphatic heterocycles. The monoisotopic (exact) mass is 800 g/mol. The van der Waals surface area contributed by atoms with Gasteiger partial charge in [0.1, 0.15) is 0 Å². The van der Waals surface area contributed by atoms with Gasteiger partial charge in [-0.05, 0) is 121 Å². The summed E-state index contributed by atoms with van der Waals surface area (Å²) in [6, 6.07) is 91.1. The van der Waals surface area contributed by atoms with Crippen LogP contribution < -0.4 is 26.2 Å². The van der Waals surface area contributed by atoms with Crippen LogP contribution in [0.4, 0.5) is 34.1 Å². The quantitative estimate of drug-likeness (QED) is 0.148. The second-order valence-electron chi connectivity index (χ2n) is 16.5. The zero-order valence-corrected chi connectivity index (χ0v) is 34.6. The number of hydrogen-bond donors (Lipinski definition) is 0. The van der Waals surface area contributed by atoms with Gasteiger partial charge in [0, 0.05) is 34.1 Å². The molecule has 0 bridgehead atoms. The number of para-hydroxylation sites is 1. The van der Waals surface area contributed by atoms with Crippen molar-refractivity contribution < 1.29 is 0 Å². The van der Waals surface area contributed by atoms with Gasteiger partial charge >= 0.3 is 0 Å². The Hall–Kier alpha value is -8.14. The Labute approximate surface area is 369 Å². The Morgan fingerprint density at radius 1 is 0.238 bits per heavy atom. The predicted octanol–water partition coefficient (Wildman–Crippen LogP) is 14.1. The second-order valence-corrected chi connectivity index (χ2v) is 16.5. The number of rotatable bonds is 7. The van der Waals surface area contributed by atoms with E-state index in [1.807, 2.05) is 0 Å². The fourth-order valence-electron chi connectivity index (χ4n) is 9.97. The third-order valence-electron chi connectivity index (χ3n) is 12.8. The molecule has 0 radical (unpaired) electrons.